The molecule has 1 aliphatic rings. The third kappa shape index (κ3) is 4.50. The fourth-order valence-corrected chi connectivity index (χ4v) is 4.40. The summed E-state index contributed by atoms with van der Waals surface area (Å²) in [6, 6.07) is 10.9. The number of carbonyl (C=O) groups is 1. The van der Waals surface area contributed by atoms with Crippen LogP contribution in [0.2, 0.25) is 5.02 Å². The molecule has 1 atom stereocenters. The fraction of sp³-hybridized carbons (Fsp3) is 0.182. The maximum absolute atomic E-state index is 12.9. The Morgan fingerprint density at radius 1 is 1.32 bits per heavy atom. The molecule has 1 aliphatic heterocycles. The van der Waals surface area contributed by atoms with Crippen LogP contribution < -0.4 is 5.32 Å². The average molecular weight is 454 g/mol. The van der Waals surface area contributed by atoms with Crippen LogP contribution in [0.3, 0.4) is 0 Å². The highest BCUT2D eigenvalue weighted by molar-refractivity contribution is 7.98. The Hall–Kier alpha value is -3.10. The number of carbonyl (C=O) groups excluding carboxylic acids is 1. The number of nitrogens with one attached hydrogen (secondary N) is 1. The smallest absolute Gasteiger partial charge is 0.338 e. The van der Waals surface area contributed by atoms with Gasteiger partial charge in [0, 0.05) is 28.9 Å². The summed E-state index contributed by atoms with van der Waals surface area (Å²) in [4.78, 5) is 21.6. The number of benzene rings is 1. The molecule has 0 saturated heterocycles. The van der Waals surface area contributed by atoms with E-state index in [1.54, 1.807) is 17.1 Å². The number of pyridine rings is 1. The summed E-state index contributed by atoms with van der Waals surface area (Å²) in [5, 5.41) is 9.15. The lowest BCUT2D eigenvalue weighted by Gasteiger charge is -2.27. The van der Waals surface area contributed by atoms with Gasteiger partial charge in [0.2, 0.25) is 11.1 Å². The zero-order valence-electron chi connectivity index (χ0n) is 16.8. The molecule has 0 unspecified atom stereocenters. The molecule has 0 spiro atoms. The van der Waals surface area contributed by atoms with Crippen LogP contribution >= 0.6 is 23.4 Å². The topological polar surface area (TPSA) is 81.9 Å². The lowest BCUT2D eigenvalue weighted by atomic mass is 9.97. The molecule has 0 saturated carbocycles. The maximum Gasteiger partial charge on any atom is 0.338 e. The van der Waals surface area contributed by atoms with Crippen LogP contribution in [0, 0.1) is 0 Å². The van der Waals surface area contributed by atoms with Crippen molar-refractivity contribution in [3.63, 3.8) is 0 Å². The number of thioether (sulfide) groups is 1. The Labute approximate surface area is 189 Å². The van der Waals surface area contributed by atoms with Crippen molar-refractivity contribution < 1.29 is 9.53 Å². The van der Waals surface area contributed by atoms with Crippen molar-refractivity contribution in [3.05, 3.63) is 88.9 Å². The number of esters is 1. The highest BCUT2D eigenvalue weighted by Gasteiger charge is 2.35. The van der Waals surface area contributed by atoms with Crippen LogP contribution in [0.25, 0.3) is 0 Å². The first-order valence-corrected chi connectivity index (χ1v) is 10.9. The molecule has 2 aromatic heterocycles. The summed E-state index contributed by atoms with van der Waals surface area (Å²) in [5.74, 6) is 0.753. The van der Waals surface area contributed by atoms with E-state index in [1.807, 2.05) is 43.3 Å². The number of fused-ring (bicyclic) bond motifs is 1. The number of hydrogen-bond donors (Lipinski definition) is 1. The standard InChI is InChI=1S/C22H20ClN5O2S/c1-3-12-30-20(29)18-14(2)25-21-26-22(31-13-16-6-4-5-7-17(16)23)27-28(21)19(18)15-8-10-24-11-9-15/h3-11,19H,1,12-13H2,2H3,(H,25,26,27)/t19-/m1/s1. The number of allylic oxidation sites excluding steroid dienone is 1. The Morgan fingerprint density at radius 3 is 2.84 bits per heavy atom. The van der Waals surface area contributed by atoms with E-state index in [0.717, 1.165) is 11.1 Å². The van der Waals surface area contributed by atoms with E-state index < -0.39 is 12.0 Å². The molecule has 0 amide bonds. The van der Waals surface area contributed by atoms with Crippen molar-refractivity contribution in [2.75, 3.05) is 11.9 Å². The van der Waals surface area contributed by atoms with E-state index in [1.165, 1.54) is 17.8 Å². The van der Waals surface area contributed by atoms with Crippen molar-refractivity contribution in [2.24, 2.45) is 0 Å². The second-order valence-electron chi connectivity index (χ2n) is 6.78. The third-order valence-corrected chi connectivity index (χ3v) is 5.98. The molecule has 3 heterocycles. The number of rotatable bonds is 7. The van der Waals surface area contributed by atoms with Crippen LogP contribution in [0.5, 0.6) is 0 Å². The van der Waals surface area contributed by atoms with Gasteiger partial charge in [0.15, 0.2) is 0 Å². The zero-order chi connectivity index (χ0) is 21.8. The predicted octanol–water partition coefficient (Wildman–Crippen LogP) is 4.64. The Balaban J connectivity index is 1.67. The first-order valence-electron chi connectivity index (χ1n) is 9.57. The van der Waals surface area contributed by atoms with Crippen LogP contribution in [0.15, 0.2) is 77.9 Å². The summed E-state index contributed by atoms with van der Waals surface area (Å²) in [7, 11) is 0. The quantitative estimate of drug-likeness (QED) is 0.317. The van der Waals surface area contributed by atoms with Gasteiger partial charge in [-0.2, -0.15) is 4.98 Å². The largest absolute Gasteiger partial charge is 0.458 e. The lowest BCUT2D eigenvalue weighted by molar-refractivity contribution is -0.138. The van der Waals surface area contributed by atoms with Gasteiger partial charge in [0.05, 0.1) is 5.57 Å². The molecule has 0 bridgehead atoms. The van der Waals surface area contributed by atoms with Crippen LogP contribution in [-0.2, 0) is 15.3 Å². The van der Waals surface area contributed by atoms with E-state index in [2.05, 4.69) is 27.0 Å². The van der Waals surface area contributed by atoms with E-state index in [0.29, 0.717) is 33.2 Å². The van der Waals surface area contributed by atoms with Crippen molar-refractivity contribution in [3.8, 4) is 0 Å². The Kier molecular flexibility index (Phi) is 6.39. The Bertz CT molecular complexity index is 1150. The number of anilines is 1. The highest BCUT2D eigenvalue weighted by atomic mass is 35.5. The van der Waals surface area contributed by atoms with Gasteiger partial charge in [-0.05, 0) is 36.2 Å². The SMILES string of the molecule is C=CCOC(=O)C1=C(C)Nc2nc(SCc3ccccc3Cl)nn2[C@@H]1c1ccncc1. The predicted molar refractivity (Wildman–Crippen MR) is 121 cm³/mol. The molecule has 158 valence electrons. The summed E-state index contributed by atoms with van der Waals surface area (Å²) in [6.45, 7) is 5.56. The van der Waals surface area contributed by atoms with Gasteiger partial charge in [-0.1, -0.05) is 54.2 Å². The molecule has 31 heavy (non-hydrogen) atoms. The van der Waals surface area contributed by atoms with Crippen molar-refractivity contribution in [1.82, 2.24) is 19.7 Å². The van der Waals surface area contributed by atoms with Gasteiger partial charge in [0.1, 0.15) is 12.6 Å². The van der Waals surface area contributed by atoms with E-state index >= 15 is 0 Å². The minimum Gasteiger partial charge on any atom is -0.458 e. The van der Waals surface area contributed by atoms with E-state index in [9.17, 15) is 4.79 Å². The molecular formula is C22H20ClN5O2S. The van der Waals surface area contributed by atoms with Gasteiger partial charge in [-0.25, -0.2) is 9.48 Å². The maximum atomic E-state index is 12.9. The second-order valence-corrected chi connectivity index (χ2v) is 8.13. The van der Waals surface area contributed by atoms with Gasteiger partial charge < -0.3 is 10.1 Å². The monoisotopic (exact) mass is 453 g/mol. The van der Waals surface area contributed by atoms with E-state index in [-0.39, 0.29) is 6.61 Å². The molecule has 3 aromatic rings. The van der Waals surface area contributed by atoms with Gasteiger partial charge >= 0.3 is 5.97 Å². The molecule has 0 fully saturated rings. The molecule has 0 aliphatic carbocycles. The number of ether oxygens (including phenoxy) is 1. The lowest BCUT2D eigenvalue weighted by Crippen LogP contribution is -2.29. The minimum atomic E-state index is -0.487. The van der Waals surface area contributed by atoms with Gasteiger partial charge in [-0.3, -0.25) is 4.98 Å². The number of aromatic nitrogens is 4. The summed E-state index contributed by atoms with van der Waals surface area (Å²) in [6.07, 6.45) is 4.90. The average Bonchev–Trinajstić information content (AvgIpc) is 3.18. The molecular weight excluding hydrogens is 434 g/mol. The van der Waals surface area contributed by atoms with Gasteiger partial charge in [0.25, 0.3) is 0 Å². The minimum absolute atomic E-state index is 0.127. The normalized spacial score (nSPS) is 15.2. The first-order chi connectivity index (χ1) is 15.1. The zero-order valence-corrected chi connectivity index (χ0v) is 18.4. The fourth-order valence-electron chi connectivity index (χ4n) is 3.28. The molecule has 7 nitrogen and oxygen atoms in total. The van der Waals surface area contributed by atoms with Crippen LogP contribution in [0.1, 0.15) is 24.1 Å². The van der Waals surface area contributed by atoms with Crippen LogP contribution in [-0.4, -0.2) is 32.3 Å². The summed E-state index contributed by atoms with van der Waals surface area (Å²) >= 11 is 7.74. The molecule has 1 N–H and O–H groups in total. The molecule has 9 heteroatoms. The molecule has 0 radical (unpaired) electrons. The summed E-state index contributed by atoms with van der Waals surface area (Å²) in [5.41, 5.74) is 2.99. The third-order valence-electron chi connectivity index (χ3n) is 4.72. The van der Waals surface area contributed by atoms with Crippen LogP contribution in [0.4, 0.5) is 5.95 Å². The first kappa shape index (κ1) is 21.1. The van der Waals surface area contributed by atoms with Crippen molar-refractivity contribution >= 4 is 35.3 Å². The number of nitrogens with zero attached hydrogens (tertiary/aromatic N) is 4. The number of hydrogen-bond acceptors (Lipinski definition) is 7. The Morgan fingerprint density at radius 2 is 2.10 bits per heavy atom. The van der Waals surface area contributed by atoms with Crippen molar-refractivity contribution in [1.29, 1.82) is 0 Å². The molecule has 1 aromatic carbocycles. The highest BCUT2D eigenvalue weighted by Crippen LogP contribution is 2.37. The van der Waals surface area contributed by atoms with E-state index in [4.69, 9.17) is 16.3 Å². The summed E-state index contributed by atoms with van der Waals surface area (Å²) < 4.78 is 7.05. The molecule has 4 rings (SSSR count). The second kappa shape index (κ2) is 9.36. The number of halogens is 1. The van der Waals surface area contributed by atoms with Gasteiger partial charge in [-0.15, -0.1) is 5.10 Å². The van der Waals surface area contributed by atoms with Crippen molar-refractivity contribution in [2.45, 2.75) is 23.9 Å².